The van der Waals surface area contributed by atoms with Crippen LogP contribution in [-0.4, -0.2) is 31.4 Å². The SMILES string of the molecule is CNCCCC(=O)NC(C)C(=O)NCc1ccccc1. The van der Waals surface area contributed by atoms with Crippen LogP contribution >= 0.6 is 0 Å². The van der Waals surface area contributed by atoms with Crippen LogP contribution in [0.1, 0.15) is 25.3 Å². The molecule has 0 bridgehead atoms. The highest BCUT2D eigenvalue weighted by Crippen LogP contribution is 1.97. The summed E-state index contributed by atoms with van der Waals surface area (Å²) in [4.78, 5) is 23.4. The van der Waals surface area contributed by atoms with Crippen LogP contribution in [0.5, 0.6) is 0 Å². The molecule has 1 unspecified atom stereocenters. The number of carbonyl (C=O) groups is 2. The van der Waals surface area contributed by atoms with Crippen LogP contribution in [0.3, 0.4) is 0 Å². The molecule has 0 radical (unpaired) electrons. The maximum absolute atomic E-state index is 11.8. The minimum atomic E-state index is -0.513. The number of rotatable bonds is 8. The zero-order valence-corrected chi connectivity index (χ0v) is 12.1. The van der Waals surface area contributed by atoms with Gasteiger partial charge in [-0.3, -0.25) is 9.59 Å². The van der Waals surface area contributed by atoms with Crippen LogP contribution < -0.4 is 16.0 Å². The molecule has 0 spiro atoms. The second kappa shape index (κ2) is 9.09. The molecule has 110 valence electrons. The minimum Gasteiger partial charge on any atom is -0.350 e. The van der Waals surface area contributed by atoms with Gasteiger partial charge in [-0.1, -0.05) is 30.3 Å². The Morgan fingerprint density at radius 2 is 1.90 bits per heavy atom. The highest BCUT2D eigenvalue weighted by atomic mass is 16.2. The summed E-state index contributed by atoms with van der Waals surface area (Å²) in [5.74, 6) is -0.265. The normalized spacial score (nSPS) is 11.7. The predicted molar refractivity (Wildman–Crippen MR) is 79.1 cm³/mol. The van der Waals surface area contributed by atoms with Gasteiger partial charge in [0.2, 0.25) is 11.8 Å². The lowest BCUT2D eigenvalue weighted by Crippen LogP contribution is -2.44. The van der Waals surface area contributed by atoms with Crippen LogP contribution in [0.4, 0.5) is 0 Å². The van der Waals surface area contributed by atoms with Crippen LogP contribution in [-0.2, 0) is 16.1 Å². The Balaban J connectivity index is 2.26. The van der Waals surface area contributed by atoms with Crippen LogP contribution in [0.25, 0.3) is 0 Å². The molecule has 0 heterocycles. The van der Waals surface area contributed by atoms with E-state index in [1.54, 1.807) is 6.92 Å². The van der Waals surface area contributed by atoms with E-state index in [0.29, 0.717) is 13.0 Å². The fraction of sp³-hybridized carbons (Fsp3) is 0.467. The fourth-order valence-electron chi connectivity index (χ4n) is 1.74. The Morgan fingerprint density at radius 3 is 2.55 bits per heavy atom. The van der Waals surface area contributed by atoms with Crippen molar-refractivity contribution in [2.45, 2.75) is 32.4 Å². The van der Waals surface area contributed by atoms with E-state index < -0.39 is 6.04 Å². The molecule has 3 N–H and O–H groups in total. The van der Waals surface area contributed by atoms with Gasteiger partial charge in [0, 0.05) is 13.0 Å². The fourth-order valence-corrected chi connectivity index (χ4v) is 1.74. The van der Waals surface area contributed by atoms with E-state index in [9.17, 15) is 9.59 Å². The second-order valence-electron chi connectivity index (χ2n) is 4.70. The first-order chi connectivity index (χ1) is 9.63. The maximum Gasteiger partial charge on any atom is 0.242 e. The van der Waals surface area contributed by atoms with Crippen molar-refractivity contribution < 1.29 is 9.59 Å². The van der Waals surface area contributed by atoms with Crippen molar-refractivity contribution in [1.82, 2.24) is 16.0 Å². The summed E-state index contributed by atoms with van der Waals surface area (Å²) in [6.07, 6.45) is 1.19. The van der Waals surface area contributed by atoms with Crippen molar-refractivity contribution in [2.24, 2.45) is 0 Å². The molecule has 1 atom stereocenters. The molecule has 1 aromatic carbocycles. The molecule has 5 nitrogen and oxygen atoms in total. The van der Waals surface area contributed by atoms with Gasteiger partial charge in [0.25, 0.3) is 0 Å². The first-order valence-electron chi connectivity index (χ1n) is 6.89. The third-order valence-corrected chi connectivity index (χ3v) is 2.91. The van der Waals surface area contributed by atoms with Gasteiger partial charge in [-0.2, -0.15) is 0 Å². The van der Waals surface area contributed by atoms with Gasteiger partial charge >= 0.3 is 0 Å². The van der Waals surface area contributed by atoms with Gasteiger partial charge in [0.1, 0.15) is 6.04 Å². The largest absolute Gasteiger partial charge is 0.350 e. The Hall–Kier alpha value is -1.88. The number of hydrogen-bond donors (Lipinski definition) is 3. The van der Waals surface area contributed by atoms with Gasteiger partial charge in [-0.15, -0.1) is 0 Å². The molecule has 0 aliphatic carbocycles. The highest BCUT2D eigenvalue weighted by molar-refractivity contribution is 5.87. The minimum absolute atomic E-state index is 0.0948. The highest BCUT2D eigenvalue weighted by Gasteiger charge is 2.14. The molecule has 0 saturated carbocycles. The average Bonchev–Trinajstić information content (AvgIpc) is 2.46. The molecule has 1 aromatic rings. The van der Waals surface area contributed by atoms with Crippen LogP contribution in [0, 0.1) is 0 Å². The Kier molecular flexibility index (Phi) is 7.35. The lowest BCUT2D eigenvalue weighted by Gasteiger charge is -2.14. The number of nitrogens with one attached hydrogen (secondary N) is 3. The van der Waals surface area contributed by atoms with E-state index in [1.807, 2.05) is 37.4 Å². The molecule has 1 rings (SSSR count). The zero-order chi connectivity index (χ0) is 14.8. The molecular weight excluding hydrogens is 254 g/mol. The first-order valence-corrected chi connectivity index (χ1v) is 6.89. The van der Waals surface area contributed by atoms with E-state index in [1.165, 1.54) is 0 Å². The summed E-state index contributed by atoms with van der Waals surface area (Å²) in [6.45, 7) is 2.96. The van der Waals surface area contributed by atoms with Crippen molar-refractivity contribution in [3.63, 3.8) is 0 Å². The average molecular weight is 277 g/mol. The van der Waals surface area contributed by atoms with Gasteiger partial charge in [-0.05, 0) is 32.5 Å². The molecule has 0 aliphatic rings. The number of hydrogen-bond acceptors (Lipinski definition) is 3. The van der Waals surface area contributed by atoms with Gasteiger partial charge in [-0.25, -0.2) is 0 Å². The topological polar surface area (TPSA) is 70.2 Å². The summed E-state index contributed by atoms with van der Waals surface area (Å²) in [5.41, 5.74) is 1.04. The third-order valence-electron chi connectivity index (χ3n) is 2.91. The molecular formula is C15H23N3O2. The van der Waals surface area contributed by atoms with E-state index in [-0.39, 0.29) is 11.8 Å². The van der Waals surface area contributed by atoms with E-state index in [2.05, 4.69) is 16.0 Å². The molecule has 2 amide bonds. The molecule has 0 aromatic heterocycles. The molecule has 0 fully saturated rings. The quantitative estimate of drug-likeness (QED) is 0.616. The molecule has 5 heteroatoms. The van der Waals surface area contributed by atoms with Crippen molar-refractivity contribution >= 4 is 11.8 Å². The third kappa shape index (κ3) is 6.33. The maximum atomic E-state index is 11.8. The summed E-state index contributed by atoms with van der Waals surface area (Å²) in [7, 11) is 1.84. The van der Waals surface area contributed by atoms with E-state index in [0.717, 1.165) is 18.5 Å². The first kappa shape index (κ1) is 16.2. The number of carbonyl (C=O) groups excluding carboxylic acids is 2. The number of benzene rings is 1. The Morgan fingerprint density at radius 1 is 1.20 bits per heavy atom. The van der Waals surface area contributed by atoms with Crippen molar-refractivity contribution in [3.05, 3.63) is 35.9 Å². The molecule has 0 aliphatic heterocycles. The summed E-state index contributed by atoms with van der Waals surface area (Å²) < 4.78 is 0. The smallest absolute Gasteiger partial charge is 0.242 e. The van der Waals surface area contributed by atoms with E-state index >= 15 is 0 Å². The second-order valence-corrected chi connectivity index (χ2v) is 4.70. The van der Waals surface area contributed by atoms with Gasteiger partial charge in [0.15, 0.2) is 0 Å². The van der Waals surface area contributed by atoms with Crippen molar-refractivity contribution in [3.8, 4) is 0 Å². The van der Waals surface area contributed by atoms with Crippen molar-refractivity contribution in [2.75, 3.05) is 13.6 Å². The van der Waals surface area contributed by atoms with Gasteiger partial charge in [0.05, 0.1) is 0 Å². The molecule has 0 saturated heterocycles. The Bertz CT molecular complexity index is 420. The van der Waals surface area contributed by atoms with Crippen LogP contribution in [0.2, 0.25) is 0 Å². The standard InChI is InChI=1S/C15H23N3O2/c1-12(18-14(19)9-6-10-16-2)15(20)17-11-13-7-4-3-5-8-13/h3-5,7-8,12,16H,6,9-11H2,1-2H3,(H,17,20)(H,18,19). The summed E-state index contributed by atoms with van der Waals surface area (Å²) >= 11 is 0. The molecule has 20 heavy (non-hydrogen) atoms. The monoisotopic (exact) mass is 277 g/mol. The predicted octanol–water partition coefficient (Wildman–Crippen LogP) is 0.807. The lowest BCUT2D eigenvalue weighted by molar-refractivity contribution is -0.128. The zero-order valence-electron chi connectivity index (χ0n) is 12.1. The van der Waals surface area contributed by atoms with Crippen LogP contribution in [0.15, 0.2) is 30.3 Å². The van der Waals surface area contributed by atoms with Gasteiger partial charge < -0.3 is 16.0 Å². The van der Waals surface area contributed by atoms with Crippen molar-refractivity contribution in [1.29, 1.82) is 0 Å². The Labute approximate surface area is 120 Å². The lowest BCUT2D eigenvalue weighted by atomic mass is 10.2. The van der Waals surface area contributed by atoms with E-state index in [4.69, 9.17) is 0 Å². The number of amides is 2. The summed E-state index contributed by atoms with van der Waals surface area (Å²) in [5, 5.41) is 8.48. The summed E-state index contributed by atoms with van der Waals surface area (Å²) in [6, 6.07) is 9.16.